The van der Waals surface area contributed by atoms with Crippen molar-refractivity contribution in [2.45, 2.75) is 127 Å². The van der Waals surface area contributed by atoms with Crippen molar-refractivity contribution in [3.05, 3.63) is 40.3 Å². The van der Waals surface area contributed by atoms with Crippen molar-refractivity contribution in [2.24, 2.45) is 0 Å². The molecule has 0 spiro atoms. The summed E-state index contributed by atoms with van der Waals surface area (Å²) < 4.78 is 1.92. The normalized spacial score (nSPS) is 26.1. The summed E-state index contributed by atoms with van der Waals surface area (Å²) in [5.74, 6) is -0.966. The Morgan fingerprint density at radius 2 is 1.43 bits per heavy atom. The Bertz CT molecular complexity index is 1150. The summed E-state index contributed by atoms with van der Waals surface area (Å²) in [4.78, 5) is 32.3. The second-order valence-corrected chi connectivity index (χ2v) is 11.5. The van der Waals surface area contributed by atoms with Crippen molar-refractivity contribution in [2.75, 3.05) is 0 Å². The molecule has 0 amide bonds. The lowest BCUT2D eigenvalue weighted by Gasteiger charge is -2.53. The Balaban J connectivity index is 1.44. The molecular weight excluding hydrogens is 464 g/mol. The topological polar surface area (TPSA) is 99.3 Å². The van der Waals surface area contributed by atoms with E-state index in [1.807, 2.05) is 28.8 Å². The third kappa shape index (κ3) is 5.82. The molecule has 7 nitrogen and oxygen atoms in total. The monoisotopic (exact) mass is 506 g/mol. The number of carboxylic acid groups (broad SMARTS) is 1. The van der Waals surface area contributed by atoms with Crippen LogP contribution in [-0.2, 0) is 4.79 Å². The van der Waals surface area contributed by atoms with E-state index in [0.717, 1.165) is 18.4 Å². The maximum absolute atomic E-state index is 13.8. The Hall–Kier alpha value is -2.54. The maximum Gasteiger partial charge on any atom is 0.303 e. The molecule has 3 fully saturated rings. The van der Waals surface area contributed by atoms with Gasteiger partial charge in [0.2, 0.25) is 0 Å². The number of aromatic nitrogens is 2. The first kappa shape index (κ1) is 26.1. The Morgan fingerprint density at radius 1 is 0.838 bits per heavy atom. The van der Waals surface area contributed by atoms with Crippen molar-refractivity contribution >= 4 is 22.7 Å². The molecule has 2 N–H and O–H groups in total. The van der Waals surface area contributed by atoms with Gasteiger partial charge in [-0.3, -0.25) is 14.5 Å². The van der Waals surface area contributed by atoms with Gasteiger partial charge in [0.05, 0.1) is 23.2 Å². The van der Waals surface area contributed by atoms with Crippen LogP contribution >= 0.6 is 0 Å². The van der Waals surface area contributed by atoms with Crippen LogP contribution in [0.2, 0.25) is 0 Å². The highest BCUT2D eigenvalue weighted by Crippen LogP contribution is 2.42. The molecule has 2 aromatic rings. The van der Waals surface area contributed by atoms with Crippen molar-refractivity contribution in [1.29, 1.82) is 5.41 Å². The maximum atomic E-state index is 13.8. The molecule has 3 heterocycles. The van der Waals surface area contributed by atoms with E-state index in [1.54, 1.807) is 0 Å². The van der Waals surface area contributed by atoms with E-state index in [1.165, 1.54) is 77.0 Å². The lowest BCUT2D eigenvalue weighted by Crippen LogP contribution is -2.57. The van der Waals surface area contributed by atoms with Crippen molar-refractivity contribution in [3.63, 3.8) is 0 Å². The first-order chi connectivity index (χ1) is 18.0. The predicted molar refractivity (Wildman–Crippen MR) is 147 cm³/mol. The van der Waals surface area contributed by atoms with Gasteiger partial charge < -0.3 is 15.1 Å². The SMILES string of the molecule is N=C(CCC(=O)O)c1nc2ccccc2n([C@H]2C[C@H]3CCC[C@@H](C2)N3C2CCCCCCCCC2)c1=O. The van der Waals surface area contributed by atoms with Crippen LogP contribution in [0.5, 0.6) is 0 Å². The van der Waals surface area contributed by atoms with E-state index >= 15 is 0 Å². The molecule has 3 aliphatic rings. The summed E-state index contributed by atoms with van der Waals surface area (Å²) >= 11 is 0. The fraction of sp³-hybridized carbons (Fsp3) is 0.667. The number of fused-ring (bicyclic) bond motifs is 3. The third-order valence-corrected chi connectivity index (χ3v) is 9.04. The highest BCUT2D eigenvalue weighted by Gasteiger charge is 2.42. The molecule has 2 saturated heterocycles. The molecule has 7 heteroatoms. The highest BCUT2D eigenvalue weighted by molar-refractivity contribution is 5.98. The molecule has 1 aromatic heterocycles. The van der Waals surface area contributed by atoms with E-state index in [-0.39, 0.29) is 35.8 Å². The second-order valence-electron chi connectivity index (χ2n) is 11.5. The number of aliphatic carboxylic acids is 1. The van der Waals surface area contributed by atoms with Gasteiger partial charge in [-0.2, -0.15) is 0 Å². The largest absolute Gasteiger partial charge is 0.481 e. The number of nitrogens with zero attached hydrogens (tertiary/aromatic N) is 3. The number of carbonyl (C=O) groups is 1. The van der Waals surface area contributed by atoms with Gasteiger partial charge in [-0.05, 0) is 50.7 Å². The van der Waals surface area contributed by atoms with Crippen LogP contribution < -0.4 is 5.56 Å². The fourth-order valence-electron chi connectivity index (χ4n) is 7.35. The second kappa shape index (κ2) is 11.9. The molecule has 200 valence electrons. The van der Waals surface area contributed by atoms with Gasteiger partial charge in [0, 0.05) is 30.6 Å². The number of para-hydroxylation sites is 2. The average Bonchev–Trinajstić information content (AvgIpc) is 2.89. The smallest absolute Gasteiger partial charge is 0.303 e. The minimum Gasteiger partial charge on any atom is -0.481 e. The number of hydrogen-bond donors (Lipinski definition) is 2. The van der Waals surface area contributed by atoms with E-state index in [2.05, 4.69) is 9.88 Å². The molecule has 2 bridgehead atoms. The molecule has 1 saturated carbocycles. The predicted octanol–water partition coefficient (Wildman–Crippen LogP) is 6.08. The van der Waals surface area contributed by atoms with Crippen LogP contribution in [0.3, 0.4) is 0 Å². The Morgan fingerprint density at radius 3 is 2.08 bits per heavy atom. The quantitative estimate of drug-likeness (QED) is 0.463. The van der Waals surface area contributed by atoms with Gasteiger partial charge >= 0.3 is 5.97 Å². The standard InChI is InChI=1S/C30H42N4O3/c31-25(17-18-28(35)36)29-30(37)34(27-16-9-8-15-26(27)32-29)24-19-22-13-10-14-23(20-24)33(22)21-11-6-4-2-1-3-5-7-12-21/h8-9,15-16,21-24,31H,1-7,10-14,17-20H2,(H,35,36)/t22-,23+,24+. The van der Waals surface area contributed by atoms with Crippen LogP contribution in [0.1, 0.15) is 114 Å². The minimum atomic E-state index is -0.966. The van der Waals surface area contributed by atoms with Crippen LogP contribution in [0, 0.1) is 5.41 Å². The number of rotatable bonds is 6. The Kier molecular flexibility index (Phi) is 8.38. The summed E-state index contributed by atoms with van der Waals surface area (Å²) in [6, 6.07) is 9.47. The van der Waals surface area contributed by atoms with E-state index < -0.39 is 5.97 Å². The average molecular weight is 507 g/mol. The molecule has 5 rings (SSSR count). The summed E-state index contributed by atoms with van der Waals surface area (Å²) in [6.45, 7) is 0. The van der Waals surface area contributed by atoms with Crippen LogP contribution in [0.15, 0.2) is 29.1 Å². The first-order valence-corrected chi connectivity index (χ1v) is 14.6. The van der Waals surface area contributed by atoms with E-state index in [0.29, 0.717) is 23.6 Å². The van der Waals surface area contributed by atoms with Gasteiger partial charge in [-0.25, -0.2) is 4.98 Å². The van der Waals surface area contributed by atoms with Gasteiger partial charge in [0.1, 0.15) is 5.69 Å². The van der Waals surface area contributed by atoms with Crippen LogP contribution in [0.4, 0.5) is 0 Å². The first-order valence-electron chi connectivity index (χ1n) is 14.6. The molecule has 3 atom stereocenters. The summed E-state index contributed by atoms with van der Waals surface area (Å²) in [6.07, 6.45) is 17.6. The van der Waals surface area contributed by atoms with Crippen molar-refractivity contribution in [3.8, 4) is 0 Å². The summed E-state index contributed by atoms with van der Waals surface area (Å²) in [5.41, 5.74) is 1.44. The number of piperidine rings is 2. The fourth-order valence-corrected chi connectivity index (χ4v) is 7.35. The number of benzene rings is 1. The van der Waals surface area contributed by atoms with Gasteiger partial charge in [0.25, 0.3) is 5.56 Å². The number of carboxylic acids is 1. The lowest BCUT2D eigenvalue weighted by atomic mass is 9.79. The summed E-state index contributed by atoms with van der Waals surface area (Å²) in [5, 5.41) is 17.6. The zero-order chi connectivity index (χ0) is 25.8. The third-order valence-electron chi connectivity index (χ3n) is 9.04. The van der Waals surface area contributed by atoms with Gasteiger partial charge in [0.15, 0.2) is 0 Å². The molecule has 1 aliphatic carbocycles. The zero-order valence-electron chi connectivity index (χ0n) is 22.0. The molecule has 0 unspecified atom stereocenters. The molecule has 2 aliphatic heterocycles. The van der Waals surface area contributed by atoms with Crippen LogP contribution in [0.25, 0.3) is 11.0 Å². The van der Waals surface area contributed by atoms with Crippen LogP contribution in [-0.4, -0.2) is 49.4 Å². The number of hydrogen-bond acceptors (Lipinski definition) is 5. The molecule has 1 aromatic carbocycles. The minimum absolute atomic E-state index is 0.0152. The Labute approximate surface area is 219 Å². The highest BCUT2D eigenvalue weighted by atomic mass is 16.4. The van der Waals surface area contributed by atoms with Crippen molar-refractivity contribution < 1.29 is 9.90 Å². The van der Waals surface area contributed by atoms with E-state index in [4.69, 9.17) is 10.5 Å². The number of nitrogens with one attached hydrogen (secondary N) is 1. The van der Waals surface area contributed by atoms with Gasteiger partial charge in [-0.1, -0.05) is 63.5 Å². The van der Waals surface area contributed by atoms with Crippen molar-refractivity contribution in [1.82, 2.24) is 14.5 Å². The summed E-state index contributed by atoms with van der Waals surface area (Å²) in [7, 11) is 0. The lowest BCUT2D eigenvalue weighted by molar-refractivity contribution is -0.136. The molecular formula is C30H42N4O3. The zero-order valence-corrected chi connectivity index (χ0v) is 22.0. The molecule has 37 heavy (non-hydrogen) atoms. The van der Waals surface area contributed by atoms with Gasteiger partial charge in [-0.15, -0.1) is 0 Å². The molecule has 0 radical (unpaired) electrons. The van der Waals surface area contributed by atoms with E-state index in [9.17, 15) is 9.59 Å².